The molecule has 2 aliphatic heterocycles. The highest BCUT2D eigenvalue weighted by Gasteiger charge is 2.45. The van der Waals surface area contributed by atoms with Gasteiger partial charge in [-0.1, -0.05) is 143 Å². The molecule has 2 aromatic heterocycles. The molecule has 4 heteroatoms. The molecule has 7 aromatic carbocycles. The van der Waals surface area contributed by atoms with Crippen LogP contribution in [0.25, 0.3) is 66.0 Å². The minimum atomic E-state index is -0.112. The van der Waals surface area contributed by atoms with E-state index in [9.17, 15) is 0 Å². The predicted molar refractivity (Wildman–Crippen MR) is 282 cm³/mol. The maximum absolute atomic E-state index is 7.17. The lowest BCUT2D eigenvalue weighted by atomic mass is 9.45. The van der Waals surface area contributed by atoms with Crippen molar-refractivity contribution in [2.24, 2.45) is 0 Å². The number of nitrogens with zero attached hydrogens (tertiary/aromatic N) is 2. The first kappa shape index (κ1) is 41.7. The van der Waals surface area contributed by atoms with Gasteiger partial charge < -0.3 is 13.8 Å². The van der Waals surface area contributed by atoms with Crippen LogP contribution in [-0.4, -0.2) is 11.3 Å². The third kappa shape index (κ3) is 6.22. The van der Waals surface area contributed by atoms with E-state index in [2.05, 4.69) is 222 Å². The van der Waals surface area contributed by atoms with Gasteiger partial charge in [-0.3, -0.25) is 0 Å². The molecule has 2 aliphatic rings. The summed E-state index contributed by atoms with van der Waals surface area (Å²) in [5, 5.41) is 4.92. The molecule has 0 amide bonds. The van der Waals surface area contributed by atoms with E-state index in [0.717, 1.165) is 21.9 Å². The smallest absolute Gasteiger partial charge is 0.333 e. The van der Waals surface area contributed by atoms with Crippen LogP contribution in [0.15, 0.2) is 114 Å². The lowest BCUT2D eigenvalue weighted by molar-refractivity contribution is 0.569. The molecule has 3 nitrogen and oxygen atoms in total. The Balaban J connectivity index is 1.37. The van der Waals surface area contributed by atoms with Crippen molar-refractivity contribution in [3.8, 4) is 22.3 Å². The Hall–Kier alpha value is -6.00. The van der Waals surface area contributed by atoms with E-state index in [1.54, 1.807) is 0 Å². The summed E-state index contributed by atoms with van der Waals surface area (Å²) in [6.45, 7) is 34.8. The van der Waals surface area contributed by atoms with Crippen LogP contribution in [0.5, 0.6) is 0 Å². The van der Waals surface area contributed by atoms with Crippen molar-refractivity contribution in [1.82, 2.24) is 4.48 Å². The lowest BCUT2D eigenvalue weighted by Crippen LogP contribution is -2.56. The fourth-order valence-corrected chi connectivity index (χ4v) is 11.3. The Labute approximate surface area is 386 Å². The van der Waals surface area contributed by atoms with E-state index in [1.165, 1.54) is 111 Å². The summed E-state index contributed by atoms with van der Waals surface area (Å²) < 4.78 is 9.89. The lowest BCUT2D eigenvalue weighted by Gasteiger charge is -2.41. The first-order valence-electron chi connectivity index (χ1n) is 23.8. The average Bonchev–Trinajstić information content (AvgIpc) is 3.75. The zero-order valence-corrected chi connectivity index (χ0v) is 41.3. The second-order valence-corrected chi connectivity index (χ2v) is 23.7. The maximum Gasteiger partial charge on any atom is 0.333 e. The summed E-state index contributed by atoms with van der Waals surface area (Å²) in [6, 6.07) is 42.9. The SMILES string of the molecule is Cc1cc(C)c(-c2ccc3c(c2)N(c2cc(C(C)(C)C)cc(C(C)(C)C)c2)c2cc4c(oc5ccccc54)c4c2B3n2c3ccc(C(C)(C)C)cc3c3cc(C(C)(C)C)cc-4c32)c(C)c1. The van der Waals surface area contributed by atoms with Crippen molar-refractivity contribution in [2.45, 2.75) is 126 Å². The summed E-state index contributed by atoms with van der Waals surface area (Å²) in [5.41, 5.74) is 24.7. The molecular formula is C61H63BN2O. The van der Waals surface area contributed by atoms with E-state index < -0.39 is 0 Å². The number of benzene rings is 7. The number of fused-ring (bicyclic) bond motifs is 11. The van der Waals surface area contributed by atoms with Crippen LogP contribution in [0.2, 0.25) is 0 Å². The monoisotopic (exact) mass is 851 g/mol. The van der Waals surface area contributed by atoms with E-state index in [1.807, 2.05) is 0 Å². The first-order chi connectivity index (χ1) is 30.5. The van der Waals surface area contributed by atoms with Crippen molar-refractivity contribution in [3.05, 3.63) is 148 Å². The fraction of sp³-hybridized carbons (Fsp3) is 0.311. The number of para-hydroxylation sites is 1. The summed E-state index contributed by atoms with van der Waals surface area (Å²) in [7, 11) is 0. The molecule has 0 atom stereocenters. The molecule has 9 aromatic rings. The second-order valence-electron chi connectivity index (χ2n) is 23.7. The molecule has 0 radical (unpaired) electrons. The van der Waals surface area contributed by atoms with Crippen LogP contribution in [0.1, 0.15) is 122 Å². The van der Waals surface area contributed by atoms with E-state index >= 15 is 0 Å². The van der Waals surface area contributed by atoms with E-state index in [4.69, 9.17) is 4.42 Å². The Kier molecular flexibility index (Phi) is 8.68. The molecule has 0 bridgehead atoms. The van der Waals surface area contributed by atoms with Crippen molar-refractivity contribution in [2.75, 3.05) is 4.90 Å². The summed E-state index contributed by atoms with van der Waals surface area (Å²) in [4.78, 5) is 2.64. The Morgan fingerprint density at radius 1 is 0.492 bits per heavy atom. The van der Waals surface area contributed by atoms with Crippen molar-refractivity contribution < 1.29 is 4.42 Å². The third-order valence-corrected chi connectivity index (χ3v) is 14.8. The predicted octanol–water partition coefficient (Wildman–Crippen LogP) is 15.9. The van der Waals surface area contributed by atoms with Crippen LogP contribution in [0.4, 0.5) is 17.1 Å². The Bertz CT molecular complexity index is 3460. The highest BCUT2D eigenvalue weighted by Crippen LogP contribution is 2.52. The minimum absolute atomic E-state index is 0.00207. The number of anilines is 3. The van der Waals surface area contributed by atoms with Gasteiger partial charge in [0, 0.05) is 60.8 Å². The number of aromatic nitrogens is 1. The molecule has 0 N–H and O–H groups in total. The number of rotatable bonds is 2. The molecule has 0 saturated heterocycles. The van der Waals surface area contributed by atoms with E-state index in [-0.39, 0.29) is 28.5 Å². The average molecular weight is 851 g/mol. The molecule has 65 heavy (non-hydrogen) atoms. The van der Waals surface area contributed by atoms with Gasteiger partial charge in [-0.2, -0.15) is 0 Å². The van der Waals surface area contributed by atoms with E-state index in [0.29, 0.717) is 0 Å². The second kappa shape index (κ2) is 13.5. The zero-order chi connectivity index (χ0) is 46.0. The van der Waals surface area contributed by atoms with Gasteiger partial charge in [0.1, 0.15) is 11.2 Å². The number of aryl methyl sites for hydroxylation is 3. The van der Waals surface area contributed by atoms with Crippen LogP contribution in [0, 0.1) is 20.8 Å². The third-order valence-electron chi connectivity index (χ3n) is 14.8. The number of hydrogen-bond donors (Lipinski definition) is 0. The highest BCUT2D eigenvalue weighted by molar-refractivity contribution is 6.90. The van der Waals surface area contributed by atoms with Gasteiger partial charge in [0.15, 0.2) is 0 Å². The van der Waals surface area contributed by atoms with Gasteiger partial charge in [0.05, 0.1) is 0 Å². The molecule has 326 valence electrons. The Morgan fingerprint density at radius 2 is 1.11 bits per heavy atom. The van der Waals surface area contributed by atoms with Gasteiger partial charge in [-0.05, 0) is 152 Å². The largest absolute Gasteiger partial charge is 0.455 e. The maximum atomic E-state index is 7.17. The highest BCUT2D eigenvalue weighted by atomic mass is 16.3. The van der Waals surface area contributed by atoms with Gasteiger partial charge in [0.2, 0.25) is 0 Å². The fourth-order valence-electron chi connectivity index (χ4n) is 11.3. The van der Waals surface area contributed by atoms with Gasteiger partial charge in [-0.15, -0.1) is 0 Å². The topological polar surface area (TPSA) is 21.3 Å². The molecular weight excluding hydrogens is 787 g/mol. The normalized spacial score (nSPS) is 14.0. The van der Waals surface area contributed by atoms with Crippen molar-refractivity contribution >= 4 is 78.6 Å². The quantitative estimate of drug-likeness (QED) is 0.162. The standard InChI is InChI=1S/C61H63BN2O/c1-34-24-35(2)53(36(3)25-34)37-20-22-48-50(26-37)63(42-28-39(59(7,8)9)27-40(29-42)60(10,11)12)51-33-46-43-18-16-17-19-52(43)65-57(46)54-47-32-41(61(13,14)15)31-45-44-30-38(58(4,5)6)21-23-49(44)64(56(45)47)62(48)55(51)54/h16-33H,1-15H3. The van der Waals surface area contributed by atoms with Crippen LogP contribution < -0.4 is 15.8 Å². The van der Waals surface area contributed by atoms with Crippen LogP contribution in [-0.2, 0) is 21.7 Å². The molecule has 0 fully saturated rings. The number of furan rings is 1. The first-order valence-corrected chi connectivity index (χ1v) is 23.8. The zero-order valence-electron chi connectivity index (χ0n) is 41.3. The van der Waals surface area contributed by atoms with Gasteiger partial charge in [-0.25, -0.2) is 0 Å². The summed E-state index contributed by atoms with van der Waals surface area (Å²) in [5.74, 6) is 0. The van der Waals surface area contributed by atoms with Gasteiger partial charge in [0.25, 0.3) is 0 Å². The summed E-state index contributed by atoms with van der Waals surface area (Å²) >= 11 is 0. The van der Waals surface area contributed by atoms with Crippen molar-refractivity contribution in [1.29, 1.82) is 0 Å². The summed E-state index contributed by atoms with van der Waals surface area (Å²) in [6.07, 6.45) is 0. The molecule has 0 spiro atoms. The molecule has 4 heterocycles. The minimum Gasteiger partial charge on any atom is -0.455 e. The molecule has 0 saturated carbocycles. The Morgan fingerprint density at radius 3 is 1.75 bits per heavy atom. The van der Waals surface area contributed by atoms with Crippen molar-refractivity contribution in [3.63, 3.8) is 0 Å². The van der Waals surface area contributed by atoms with Crippen LogP contribution in [0.3, 0.4) is 0 Å². The molecule has 0 unspecified atom stereocenters. The molecule has 11 rings (SSSR count). The van der Waals surface area contributed by atoms with Crippen LogP contribution >= 0.6 is 0 Å². The molecule has 0 aliphatic carbocycles. The van der Waals surface area contributed by atoms with Gasteiger partial charge >= 0.3 is 6.85 Å². The number of hydrogen-bond acceptors (Lipinski definition) is 2.